The molecule has 6 rings (SSSR count). The maximum absolute atomic E-state index is 13.9. The third-order valence-corrected chi connectivity index (χ3v) is 9.61. The van der Waals surface area contributed by atoms with Crippen LogP contribution in [0.25, 0.3) is 6.08 Å². The largest absolute Gasteiger partial charge is 0.508 e. The molecule has 1 saturated heterocycles. The van der Waals surface area contributed by atoms with Gasteiger partial charge in [0.2, 0.25) is 5.91 Å². The van der Waals surface area contributed by atoms with Crippen LogP contribution in [0.2, 0.25) is 0 Å². The van der Waals surface area contributed by atoms with Gasteiger partial charge in [0.25, 0.3) is 0 Å². The van der Waals surface area contributed by atoms with Crippen LogP contribution >= 0.6 is 0 Å². The summed E-state index contributed by atoms with van der Waals surface area (Å²) in [5.74, 6) is 1.18. The summed E-state index contributed by atoms with van der Waals surface area (Å²) < 4.78 is 12.5. The van der Waals surface area contributed by atoms with Gasteiger partial charge in [-0.3, -0.25) is 9.59 Å². The van der Waals surface area contributed by atoms with Gasteiger partial charge in [0, 0.05) is 48.2 Å². The zero-order chi connectivity index (χ0) is 28.3. The molecule has 4 aliphatic rings. The van der Waals surface area contributed by atoms with Crippen molar-refractivity contribution in [3.8, 4) is 17.2 Å². The minimum Gasteiger partial charge on any atom is -0.508 e. The molecule has 0 radical (unpaired) electrons. The predicted octanol–water partition coefficient (Wildman–Crippen LogP) is 4.86. The molecule has 1 amide bonds. The van der Waals surface area contributed by atoms with Crippen LogP contribution in [0.15, 0.2) is 36.4 Å². The summed E-state index contributed by atoms with van der Waals surface area (Å²) in [5.41, 5.74) is 3.73. The van der Waals surface area contributed by atoms with E-state index in [1.54, 1.807) is 6.08 Å². The average molecular weight is 545 g/mol. The van der Waals surface area contributed by atoms with E-state index in [0.717, 1.165) is 54.5 Å². The summed E-state index contributed by atoms with van der Waals surface area (Å²) >= 11 is 0. The normalized spacial score (nSPS) is 28.4. The number of hydrogen-bond acceptors (Lipinski definition) is 6. The Bertz CT molecular complexity index is 1380. The number of ether oxygens (including phenoxy) is 2. The maximum Gasteiger partial charge on any atom is 0.308 e. The number of carbonyl (C=O) groups is 2. The Labute approximate surface area is 236 Å². The Morgan fingerprint density at radius 1 is 1.27 bits per heavy atom. The molecule has 1 spiro atoms. The minimum atomic E-state index is -0.449. The van der Waals surface area contributed by atoms with Gasteiger partial charge >= 0.3 is 5.97 Å². The Kier molecular flexibility index (Phi) is 6.68. The molecule has 2 bridgehead atoms. The van der Waals surface area contributed by atoms with E-state index in [1.807, 2.05) is 36.1 Å². The summed E-state index contributed by atoms with van der Waals surface area (Å²) in [5, 5.41) is 11.2. The van der Waals surface area contributed by atoms with Crippen LogP contribution in [-0.4, -0.2) is 65.1 Å². The Morgan fingerprint density at radius 3 is 2.80 bits per heavy atom. The van der Waals surface area contributed by atoms with Crippen molar-refractivity contribution in [1.29, 1.82) is 0 Å². The zero-order valence-electron chi connectivity index (χ0n) is 24.1. The van der Waals surface area contributed by atoms with E-state index in [-0.39, 0.29) is 40.9 Å². The lowest BCUT2D eigenvalue weighted by Crippen LogP contribution is -2.68. The monoisotopic (exact) mass is 544 g/mol. The maximum atomic E-state index is 13.9. The van der Waals surface area contributed by atoms with Gasteiger partial charge in [0.15, 0.2) is 11.5 Å². The van der Waals surface area contributed by atoms with Crippen LogP contribution in [0, 0.1) is 18.8 Å². The van der Waals surface area contributed by atoms with Crippen LogP contribution in [0.5, 0.6) is 17.2 Å². The van der Waals surface area contributed by atoms with Crippen molar-refractivity contribution in [2.24, 2.45) is 11.8 Å². The molecule has 40 heavy (non-hydrogen) atoms. The van der Waals surface area contributed by atoms with Crippen LogP contribution in [-0.2, 0) is 21.4 Å². The quantitative estimate of drug-likeness (QED) is 0.318. The number of hydrogen-bond donors (Lipinski definition) is 1. The van der Waals surface area contributed by atoms with Gasteiger partial charge in [0.05, 0.1) is 6.04 Å². The van der Waals surface area contributed by atoms with E-state index in [2.05, 4.69) is 31.9 Å². The molecule has 5 atom stereocenters. The van der Waals surface area contributed by atoms with Gasteiger partial charge in [-0.15, -0.1) is 0 Å². The number of nitrogens with zero attached hydrogens (tertiary/aromatic N) is 2. The second-order valence-electron chi connectivity index (χ2n) is 12.6. The van der Waals surface area contributed by atoms with Crippen molar-refractivity contribution in [3.05, 3.63) is 58.7 Å². The Balaban J connectivity index is 1.43. The van der Waals surface area contributed by atoms with E-state index in [0.29, 0.717) is 24.3 Å². The number of rotatable bonds is 6. The van der Waals surface area contributed by atoms with Crippen molar-refractivity contribution in [2.75, 3.05) is 20.1 Å². The van der Waals surface area contributed by atoms with Gasteiger partial charge in [-0.25, -0.2) is 0 Å². The third kappa shape index (κ3) is 4.21. The van der Waals surface area contributed by atoms with Crippen molar-refractivity contribution in [1.82, 2.24) is 9.80 Å². The number of amides is 1. The van der Waals surface area contributed by atoms with Crippen molar-refractivity contribution >= 4 is 18.0 Å². The summed E-state index contributed by atoms with van der Waals surface area (Å²) in [6.07, 6.45) is 6.75. The second-order valence-corrected chi connectivity index (χ2v) is 12.6. The SMILES string of the molecule is CC(=O)Oc1cc(O)c2c3c1O[C@H]1[C@H](N(CC(C)C)C(=O)C=Cc4cccc(C)c4)CC[C@H]4[C@@H](C2)N(C)CC[C@@]341. The number of benzene rings is 2. The van der Waals surface area contributed by atoms with Crippen LogP contribution in [0.1, 0.15) is 62.3 Å². The molecule has 2 aliphatic heterocycles. The predicted molar refractivity (Wildman–Crippen MR) is 154 cm³/mol. The van der Waals surface area contributed by atoms with E-state index in [4.69, 9.17) is 9.47 Å². The highest BCUT2D eigenvalue weighted by molar-refractivity contribution is 5.92. The molecule has 1 N–H and O–H groups in total. The fourth-order valence-electron chi connectivity index (χ4n) is 8.13. The minimum absolute atomic E-state index is 0.0156. The van der Waals surface area contributed by atoms with Crippen LogP contribution in [0.3, 0.4) is 0 Å². The van der Waals surface area contributed by atoms with Crippen LogP contribution < -0.4 is 9.47 Å². The number of likely N-dealkylation sites (N-methyl/N-ethyl adjacent to an activating group) is 1. The van der Waals surface area contributed by atoms with Gasteiger partial charge in [-0.1, -0.05) is 43.7 Å². The lowest BCUT2D eigenvalue weighted by atomic mass is 9.51. The molecule has 2 fully saturated rings. The van der Waals surface area contributed by atoms with E-state index < -0.39 is 5.97 Å². The highest BCUT2D eigenvalue weighted by atomic mass is 16.6. The lowest BCUT2D eigenvalue weighted by molar-refractivity contribution is -0.138. The number of phenols is 1. The third-order valence-electron chi connectivity index (χ3n) is 9.61. The molecule has 1 saturated carbocycles. The summed E-state index contributed by atoms with van der Waals surface area (Å²) in [6, 6.07) is 9.83. The average Bonchev–Trinajstić information content (AvgIpc) is 3.24. The van der Waals surface area contributed by atoms with Crippen LogP contribution in [0.4, 0.5) is 0 Å². The highest BCUT2D eigenvalue weighted by Gasteiger charge is 2.67. The summed E-state index contributed by atoms with van der Waals surface area (Å²) in [4.78, 5) is 30.4. The molecule has 2 aliphatic carbocycles. The lowest BCUT2D eigenvalue weighted by Gasteiger charge is -2.60. The van der Waals surface area contributed by atoms with Crippen molar-refractivity contribution in [3.63, 3.8) is 0 Å². The first-order chi connectivity index (χ1) is 19.1. The number of esters is 1. The molecular formula is C33H40N2O5. The molecule has 2 heterocycles. The van der Waals surface area contributed by atoms with Gasteiger partial charge in [0.1, 0.15) is 11.9 Å². The first-order valence-electron chi connectivity index (χ1n) is 14.6. The molecule has 2 aromatic carbocycles. The topological polar surface area (TPSA) is 79.3 Å². The Morgan fingerprint density at radius 2 is 2.08 bits per heavy atom. The second kappa shape index (κ2) is 9.95. The fraction of sp³-hybridized carbons (Fsp3) is 0.515. The van der Waals surface area contributed by atoms with Crippen molar-refractivity contribution < 1.29 is 24.2 Å². The number of aromatic hydroxyl groups is 1. The van der Waals surface area contributed by atoms with E-state index in [1.165, 1.54) is 13.0 Å². The molecule has 0 aromatic heterocycles. The molecular weight excluding hydrogens is 504 g/mol. The standard InChI is InChI=1S/C33H40N2O5/c1-19(2)18-35(29(38)12-9-22-8-6-7-20(3)15-22)25-11-10-24-26-16-23-27(37)17-28(39-21(4)36)31-30(23)33(24,32(25)40-31)13-14-34(26)5/h6-9,12,15,17,19,24-26,32,37H,10-11,13-14,16,18H2,1-5H3/t24-,25+,26+,32-,33-/m0/s1. The van der Waals surface area contributed by atoms with E-state index in [9.17, 15) is 14.7 Å². The van der Waals surface area contributed by atoms with Gasteiger partial charge < -0.3 is 24.4 Å². The van der Waals surface area contributed by atoms with Crippen molar-refractivity contribution in [2.45, 2.75) is 77.0 Å². The Hall–Kier alpha value is -3.32. The summed E-state index contributed by atoms with van der Waals surface area (Å²) in [6.45, 7) is 9.23. The first kappa shape index (κ1) is 26.9. The van der Waals surface area contributed by atoms with Gasteiger partial charge in [-0.2, -0.15) is 0 Å². The number of aryl methyl sites for hydroxylation is 1. The molecule has 0 unspecified atom stereocenters. The molecule has 212 valence electrons. The zero-order valence-corrected chi connectivity index (χ0v) is 24.1. The number of piperidine rings is 1. The first-order valence-corrected chi connectivity index (χ1v) is 14.6. The molecule has 7 heteroatoms. The smallest absolute Gasteiger partial charge is 0.308 e. The highest BCUT2D eigenvalue weighted by Crippen LogP contribution is 2.65. The summed E-state index contributed by atoms with van der Waals surface area (Å²) in [7, 11) is 2.18. The number of phenolic OH excluding ortho intramolecular Hbond substituents is 1. The number of likely N-dealkylation sites (tertiary alicyclic amines) is 1. The fourth-order valence-corrected chi connectivity index (χ4v) is 8.13. The molecule has 2 aromatic rings. The molecule has 7 nitrogen and oxygen atoms in total. The number of carbonyl (C=O) groups excluding carboxylic acids is 2. The van der Waals surface area contributed by atoms with E-state index >= 15 is 0 Å². The van der Waals surface area contributed by atoms with Gasteiger partial charge in [-0.05, 0) is 69.7 Å².